The summed E-state index contributed by atoms with van der Waals surface area (Å²) in [6.45, 7) is 3.93. The van der Waals surface area contributed by atoms with Crippen molar-refractivity contribution in [2.24, 2.45) is 0 Å². The number of hydrogen-bond donors (Lipinski definition) is 2. The molecule has 4 aromatic rings. The van der Waals surface area contributed by atoms with E-state index in [2.05, 4.69) is 43.2 Å². The van der Waals surface area contributed by atoms with Crippen LogP contribution in [0.5, 0.6) is 11.5 Å². The Hall–Kier alpha value is -4.44. The third-order valence-corrected chi connectivity index (χ3v) is 6.35. The highest BCUT2D eigenvalue weighted by molar-refractivity contribution is 5.83. The van der Waals surface area contributed by atoms with Gasteiger partial charge in [0.05, 0.1) is 31.3 Å². The predicted octanol–water partition coefficient (Wildman–Crippen LogP) is 3.70. The second-order valence-electron chi connectivity index (χ2n) is 8.73. The van der Waals surface area contributed by atoms with Crippen LogP contribution in [0.2, 0.25) is 0 Å². The molecule has 0 saturated carbocycles. The first kappa shape index (κ1) is 24.3. The smallest absolute Gasteiger partial charge is 0.230 e. The molecule has 37 heavy (non-hydrogen) atoms. The van der Waals surface area contributed by atoms with Crippen LogP contribution in [0.25, 0.3) is 22.6 Å². The van der Waals surface area contributed by atoms with Crippen molar-refractivity contribution in [3.05, 3.63) is 60.9 Å². The Balaban J connectivity index is 1.50. The van der Waals surface area contributed by atoms with Gasteiger partial charge in [0.2, 0.25) is 5.95 Å². The molecule has 0 bridgehead atoms. The topological polar surface area (TPSA) is 115 Å². The van der Waals surface area contributed by atoms with Crippen molar-refractivity contribution in [3.8, 4) is 34.1 Å². The van der Waals surface area contributed by atoms with Crippen LogP contribution < -0.4 is 25.4 Å². The Bertz CT molecular complexity index is 1370. The number of nitrogens with one attached hydrogen (secondary N) is 1. The van der Waals surface area contributed by atoms with Gasteiger partial charge in [0.1, 0.15) is 11.4 Å². The van der Waals surface area contributed by atoms with E-state index in [-0.39, 0.29) is 5.82 Å². The van der Waals surface area contributed by atoms with E-state index in [1.807, 2.05) is 42.5 Å². The van der Waals surface area contributed by atoms with Crippen LogP contribution in [-0.2, 0) is 0 Å². The largest absolute Gasteiger partial charge is 0.495 e. The lowest BCUT2D eigenvalue weighted by Crippen LogP contribution is -2.44. The summed E-state index contributed by atoms with van der Waals surface area (Å²) >= 11 is 0. The number of hydrogen-bond acceptors (Lipinski definition) is 10. The quantitative estimate of drug-likeness (QED) is 0.391. The van der Waals surface area contributed by atoms with Crippen molar-refractivity contribution < 1.29 is 9.47 Å². The minimum absolute atomic E-state index is 0.215. The molecule has 1 aliphatic heterocycles. The van der Waals surface area contributed by atoms with Gasteiger partial charge in [-0.05, 0) is 43.4 Å². The Morgan fingerprint density at radius 1 is 0.865 bits per heavy atom. The average molecular weight is 499 g/mol. The van der Waals surface area contributed by atoms with E-state index >= 15 is 0 Å². The lowest BCUT2D eigenvalue weighted by Gasteiger charge is -2.34. The maximum Gasteiger partial charge on any atom is 0.230 e. The molecule has 1 aliphatic rings. The van der Waals surface area contributed by atoms with Crippen molar-refractivity contribution in [1.82, 2.24) is 24.8 Å². The number of pyridine rings is 2. The van der Waals surface area contributed by atoms with Crippen LogP contribution in [0.15, 0.2) is 60.9 Å². The van der Waals surface area contributed by atoms with Gasteiger partial charge in [-0.25, -0.2) is 4.98 Å². The van der Waals surface area contributed by atoms with Gasteiger partial charge >= 0.3 is 0 Å². The number of benzene rings is 1. The fourth-order valence-electron chi connectivity index (χ4n) is 4.40. The van der Waals surface area contributed by atoms with Crippen LogP contribution in [0.3, 0.4) is 0 Å². The Morgan fingerprint density at radius 3 is 2.41 bits per heavy atom. The van der Waals surface area contributed by atoms with Crippen LogP contribution in [-0.4, -0.2) is 72.3 Å². The molecule has 3 aromatic heterocycles. The molecule has 10 heteroatoms. The van der Waals surface area contributed by atoms with Crippen molar-refractivity contribution in [3.63, 3.8) is 0 Å². The number of methoxy groups -OCH3 is 2. The SMILES string of the molecule is COc1cc(Nc2nc(N)c(OC)c(-c3cccnc3-c3ccccn3)n2)ccc1N1CCN(C)CC1. The van der Waals surface area contributed by atoms with Crippen molar-refractivity contribution in [2.45, 2.75) is 0 Å². The zero-order valence-electron chi connectivity index (χ0n) is 21.2. The summed E-state index contributed by atoms with van der Waals surface area (Å²) in [4.78, 5) is 22.9. The Kier molecular flexibility index (Phi) is 7.00. The summed E-state index contributed by atoms with van der Waals surface area (Å²) in [6, 6.07) is 15.4. The number of ether oxygens (including phenoxy) is 2. The normalized spacial score (nSPS) is 13.9. The van der Waals surface area contributed by atoms with Crippen molar-refractivity contribution in [2.75, 3.05) is 63.4 Å². The van der Waals surface area contributed by atoms with Crippen LogP contribution in [0, 0.1) is 0 Å². The van der Waals surface area contributed by atoms with E-state index in [1.165, 1.54) is 0 Å². The summed E-state index contributed by atoms with van der Waals surface area (Å²) in [6.07, 6.45) is 3.45. The second kappa shape index (κ2) is 10.7. The van der Waals surface area contributed by atoms with E-state index in [4.69, 9.17) is 20.2 Å². The molecule has 4 heterocycles. The van der Waals surface area contributed by atoms with Crippen LogP contribution >= 0.6 is 0 Å². The molecule has 5 rings (SSSR count). The minimum Gasteiger partial charge on any atom is -0.495 e. The molecule has 1 aromatic carbocycles. The molecule has 3 N–H and O–H groups in total. The van der Waals surface area contributed by atoms with Gasteiger partial charge in [-0.1, -0.05) is 6.07 Å². The van der Waals surface area contributed by atoms with Gasteiger partial charge in [0.15, 0.2) is 11.6 Å². The predicted molar refractivity (Wildman–Crippen MR) is 145 cm³/mol. The van der Waals surface area contributed by atoms with Gasteiger partial charge in [-0.3, -0.25) is 9.97 Å². The maximum absolute atomic E-state index is 6.31. The standard InChI is InChI=1S/C27H30N8O2/c1-34-13-15-35(16-14-34)21-10-9-18(17-22(21)36-2)31-27-32-24(25(37-3)26(28)33-27)19-7-6-12-30-23(19)20-8-4-5-11-29-20/h4-12,17H,13-16H2,1-3H3,(H3,28,31,32,33). The van der Waals surface area contributed by atoms with E-state index in [1.54, 1.807) is 26.6 Å². The first-order chi connectivity index (χ1) is 18.1. The number of nitrogens with two attached hydrogens (primary N) is 1. The fourth-order valence-corrected chi connectivity index (χ4v) is 4.40. The number of aromatic nitrogens is 4. The second-order valence-corrected chi connectivity index (χ2v) is 8.73. The zero-order chi connectivity index (χ0) is 25.8. The number of likely N-dealkylation sites (N-methyl/N-ethyl adjacent to an activating group) is 1. The van der Waals surface area contributed by atoms with Gasteiger partial charge in [-0.2, -0.15) is 4.98 Å². The molecule has 0 amide bonds. The minimum atomic E-state index is 0.215. The van der Waals surface area contributed by atoms with E-state index in [0.717, 1.165) is 54.6 Å². The highest BCUT2D eigenvalue weighted by Crippen LogP contribution is 2.38. The zero-order valence-corrected chi connectivity index (χ0v) is 21.2. The number of nitrogens with zero attached hydrogens (tertiary/aromatic N) is 6. The van der Waals surface area contributed by atoms with Gasteiger partial charge in [0.25, 0.3) is 0 Å². The third kappa shape index (κ3) is 5.10. The number of nitrogen functional groups attached to an aromatic ring is 1. The van der Waals surface area contributed by atoms with Crippen molar-refractivity contribution >= 4 is 23.1 Å². The summed E-state index contributed by atoms with van der Waals surface area (Å²) in [5.41, 5.74) is 10.8. The molecule has 10 nitrogen and oxygen atoms in total. The molecular formula is C27H30N8O2. The third-order valence-electron chi connectivity index (χ3n) is 6.35. The van der Waals surface area contributed by atoms with Crippen LogP contribution in [0.4, 0.5) is 23.1 Å². The molecule has 1 fully saturated rings. The molecule has 1 saturated heterocycles. The summed E-state index contributed by atoms with van der Waals surface area (Å²) in [5.74, 6) is 1.70. The highest BCUT2D eigenvalue weighted by atomic mass is 16.5. The summed E-state index contributed by atoms with van der Waals surface area (Å²) < 4.78 is 11.3. The van der Waals surface area contributed by atoms with Crippen molar-refractivity contribution in [1.29, 1.82) is 0 Å². The first-order valence-electron chi connectivity index (χ1n) is 12.0. The highest BCUT2D eigenvalue weighted by Gasteiger charge is 2.21. The van der Waals surface area contributed by atoms with Gasteiger partial charge in [0, 0.05) is 55.9 Å². The maximum atomic E-state index is 6.31. The molecular weight excluding hydrogens is 468 g/mol. The summed E-state index contributed by atoms with van der Waals surface area (Å²) in [5, 5.41) is 3.28. The molecule has 0 atom stereocenters. The molecule has 0 unspecified atom stereocenters. The van der Waals surface area contributed by atoms with E-state index < -0.39 is 0 Å². The fraction of sp³-hybridized carbons (Fsp3) is 0.259. The van der Waals surface area contributed by atoms with Gasteiger partial charge in [-0.15, -0.1) is 0 Å². The lowest BCUT2D eigenvalue weighted by molar-refractivity contribution is 0.311. The number of piperazine rings is 1. The van der Waals surface area contributed by atoms with Gasteiger partial charge < -0.3 is 30.3 Å². The molecule has 0 spiro atoms. The molecule has 190 valence electrons. The summed E-state index contributed by atoms with van der Waals surface area (Å²) in [7, 11) is 5.37. The number of anilines is 4. The van der Waals surface area contributed by atoms with E-state index in [9.17, 15) is 0 Å². The Labute approximate surface area is 216 Å². The first-order valence-corrected chi connectivity index (χ1v) is 12.0. The lowest BCUT2D eigenvalue weighted by atomic mass is 10.1. The average Bonchev–Trinajstić information content (AvgIpc) is 2.94. The number of rotatable bonds is 7. The van der Waals surface area contributed by atoms with Crippen LogP contribution in [0.1, 0.15) is 0 Å². The molecule has 0 aliphatic carbocycles. The molecule has 0 radical (unpaired) electrons. The monoisotopic (exact) mass is 498 g/mol. The van der Waals surface area contributed by atoms with E-state index in [0.29, 0.717) is 23.1 Å². The Morgan fingerprint density at radius 2 is 1.68 bits per heavy atom.